The van der Waals surface area contributed by atoms with Crippen molar-refractivity contribution in [2.75, 3.05) is 18.0 Å². The molecule has 1 aliphatic carbocycles. The SMILES string of the molecule is CCN(c1ccc(C)cn1)C1CC2CC1N(C(=O)c1cccc(F)c1-c1ncccn1)C2. The zero-order chi connectivity index (χ0) is 22.2. The highest BCUT2D eigenvalue weighted by Crippen LogP contribution is 2.42. The van der Waals surface area contributed by atoms with Crippen LogP contribution in [0, 0.1) is 18.7 Å². The van der Waals surface area contributed by atoms with Gasteiger partial charge in [-0.2, -0.15) is 0 Å². The molecule has 1 aromatic carbocycles. The highest BCUT2D eigenvalue weighted by Gasteiger charge is 2.49. The summed E-state index contributed by atoms with van der Waals surface area (Å²) in [5, 5.41) is 0. The number of rotatable bonds is 5. The summed E-state index contributed by atoms with van der Waals surface area (Å²) in [6, 6.07) is 10.7. The van der Waals surface area contributed by atoms with Gasteiger partial charge in [0.15, 0.2) is 5.82 Å². The van der Waals surface area contributed by atoms with Crippen LogP contribution in [0.3, 0.4) is 0 Å². The highest BCUT2D eigenvalue weighted by molar-refractivity contribution is 6.00. The monoisotopic (exact) mass is 431 g/mol. The average Bonchev–Trinajstić information content (AvgIpc) is 3.42. The predicted octanol–water partition coefficient (Wildman–Crippen LogP) is 4.12. The largest absolute Gasteiger partial charge is 0.352 e. The van der Waals surface area contributed by atoms with Crippen LogP contribution < -0.4 is 4.90 Å². The number of hydrogen-bond donors (Lipinski definition) is 0. The van der Waals surface area contributed by atoms with Crippen LogP contribution in [0.2, 0.25) is 0 Å². The smallest absolute Gasteiger partial charge is 0.255 e. The van der Waals surface area contributed by atoms with Crippen molar-refractivity contribution in [1.82, 2.24) is 19.9 Å². The number of likely N-dealkylation sites (tertiary alicyclic amines) is 1. The van der Waals surface area contributed by atoms with E-state index in [2.05, 4.69) is 38.9 Å². The van der Waals surface area contributed by atoms with E-state index in [4.69, 9.17) is 0 Å². The molecule has 0 N–H and O–H groups in total. The first-order chi connectivity index (χ1) is 15.6. The van der Waals surface area contributed by atoms with Gasteiger partial charge in [-0.1, -0.05) is 12.1 Å². The lowest BCUT2D eigenvalue weighted by Gasteiger charge is -2.40. The molecule has 1 aliphatic heterocycles. The molecule has 32 heavy (non-hydrogen) atoms. The normalized spacial score (nSPS) is 21.7. The summed E-state index contributed by atoms with van der Waals surface area (Å²) in [4.78, 5) is 30.9. The van der Waals surface area contributed by atoms with Gasteiger partial charge in [-0.3, -0.25) is 4.79 Å². The molecule has 3 unspecified atom stereocenters. The second-order valence-corrected chi connectivity index (χ2v) is 8.64. The lowest BCUT2D eigenvalue weighted by Crippen LogP contribution is -2.52. The number of piperidine rings is 1. The maximum Gasteiger partial charge on any atom is 0.255 e. The van der Waals surface area contributed by atoms with Gasteiger partial charge in [-0.15, -0.1) is 0 Å². The van der Waals surface area contributed by atoms with Crippen LogP contribution in [-0.2, 0) is 0 Å². The lowest BCUT2D eigenvalue weighted by molar-refractivity contribution is 0.0681. The molecule has 2 aliphatic rings. The minimum atomic E-state index is -0.484. The van der Waals surface area contributed by atoms with Crippen molar-refractivity contribution in [3.63, 3.8) is 0 Å². The van der Waals surface area contributed by atoms with Gasteiger partial charge >= 0.3 is 0 Å². The Bertz CT molecular complexity index is 1120. The Morgan fingerprint density at radius 2 is 1.94 bits per heavy atom. The molecular weight excluding hydrogens is 405 g/mol. The van der Waals surface area contributed by atoms with Crippen molar-refractivity contribution in [2.24, 2.45) is 5.92 Å². The van der Waals surface area contributed by atoms with E-state index in [0.29, 0.717) is 18.0 Å². The number of likely N-dealkylation sites (N-methyl/N-ethyl adjacent to an activating group) is 1. The molecule has 0 radical (unpaired) electrons. The van der Waals surface area contributed by atoms with Gasteiger partial charge in [0, 0.05) is 31.7 Å². The fourth-order valence-electron chi connectivity index (χ4n) is 5.27. The summed E-state index contributed by atoms with van der Waals surface area (Å²) in [6.07, 6.45) is 7.00. The highest BCUT2D eigenvalue weighted by atomic mass is 19.1. The second kappa shape index (κ2) is 8.30. The summed E-state index contributed by atoms with van der Waals surface area (Å²) in [7, 11) is 0. The Hall–Kier alpha value is -3.35. The van der Waals surface area contributed by atoms with Crippen molar-refractivity contribution >= 4 is 11.7 Å². The Morgan fingerprint density at radius 1 is 1.12 bits per heavy atom. The summed E-state index contributed by atoms with van der Waals surface area (Å²) in [6.45, 7) is 5.66. The molecule has 7 heteroatoms. The third kappa shape index (κ3) is 3.51. The maximum atomic E-state index is 14.8. The van der Waals surface area contributed by atoms with Gasteiger partial charge in [-0.25, -0.2) is 19.3 Å². The fraction of sp³-hybridized carbons (Fsp3) is 0.360. The molecule has 3 aromatic rings. The van der Waals surface area contributed by atoms with Crippen molar-refractivity contribution < 1.29 is 9.18 Å². The van der Waals surface area contributed by atoms with Crippen LogP contribution in [0.5, 0.6) is 0 Å². The van der Waals surface area contributed by atoms with Gasteiger partial charge in [0.2, 0.25) is 0 Å². The molecule has 2 aromatic heterocycles. The predicted molar refractivity (Wildman–Crippen MR) is 121 cm³/mol. The Labute approximate surface area is 187 Å². The topological polar surface area (TPSA) is 62.2 Å². The zero-order valence-corrected chi connectivity index (χ0v) is 18.3. The van der Waals surface area contributed by atoms with E-state index in [9.17, 15) is 9.18 Å². The summed E-state index contributed by atoms with van der Waals surface area (Å²) >= 11 is 0. The first-order valence-corrected chi connectivity index (χ1v) is 11.1. The molecule has 164 valence electrons. The lowest BCUT2D eigenvalue weighted by atomic mass is 10.00. The van der Waals surface area contributed by atoms with Crippen LogP contribution in [0.4, 0.5) is 10.2 Å². The molecule has 1 saturated carbocycles. The second-order valence-electron chi connectivity index (χ2n) is 8.64. The van der Waals surface area contributed by atoms with E-state index in [-0.39, 0.29) is 29.4 Å². The van der Waals surface area contributed by atoms with E-state index < -0.39 is 5.82 Å². The number of hydrogen-bond acceptors (Lipinski definition) is 5. The minimum Gasteiger partial charge on any atom is -0.352 e. The van der Waals surface area contributed by atoms with Gasteiger partial charge in [-0.05, 0) is 62.4 Å². The van der Waals surface area contributed by atoms with Crippen molar-refractivity contribution in [3.8, 4) is 11.4 Å². The number of anilines is 1. The van der Waals surface area contributed by atoms with E-state index in [1.807, 2.05) is 18.0 Å². The number of amides is 1. The number of fused-ring (bicyclic) bond motifs is 2. The molecule has 3 atom stereocenters. The van der Waals surface area contributed by atoms with Crippen LogP contribution in [-0.4, -0.2) is 50.9 Å². The van der Waals surface area contributed by atoms with Crippen LogP contribution in [0.25, 0.3) is 11.4 Å². The number of carbonyl (C=O) groups is 1. The van der Waals surface area contributed by atoms with Gasteiger partial charge in [0.05, 0.1) is 23.2 Å². The number of pyridine rings is 1. The summed E-state index contributed by atoms with van der Waals surface area (Å²) < 4.78 is 14.8. The van der Waals surface area contributed by atoms with E-state index in [1.54, 1.807) is 30.6 Å². The van der Waals surface area contributed by atoms with E-state index in [1.165, 1.54) is 6.07 Å². The molecule has 6 nitrogen and oxygen atoms in total. The molecule has 2 fully saturated rings. The maximum absolute atomic E-state index is 14.8. The number of benzene rings is 1. The van der Waals surface area contributed by atoms with Crippen LogP contribution in [0.15, 0.2) is 55.0 Å². The van der Waals surface area contributed by atoms with Gasteiger partial charge in [0.1, 0.15) is 11.6 Å². The van der Waals surface area contributed by atoms with E-state index >= 15 is 0 Å². The molecule has 1 saturated heterocycles. The van der Waals surface area contributed by atoms with E-state index in [0.717, 1.165) is 30.8 Å². The summed E-state index contributed by atoms with van der Waals surface area (Å²) in [5.41, 5.74) is 1.61. The van der Waals surface area contributed by atoms with Crippen LogP contribution in [0.1, 0.15) is 35.7 Å². The minimum absolute atomic E-state index is 0.0726. The number of carbonyl (C=O) groups excluding carboxylic acids is 1. The van der Waals surface area contributed by atoms with Crippen molar-refractivity contribution in [3.05, 3.63) is 71.9 Å². The standard InChI is InChI=1S/C25H26FN5O/c1-3-30(22-9-8-16(2)14-29-22)20-12-17-13-21(20)31(15-17)25(32)18-6-4-7-19(26)23(18)24-27-10-5-11-28-24/h4-11,14,17,20-21H,3,12-13,15H2,1-2H3. The Morgan fingerprint density at radius 3 is 2.62 bits per heavy atom. The Kier molecular flexibility index (Phi) is 5.33. The Balaban J connectivity index is 1.46. The third-order valence-corrected chi connectivity index (χ3v) is 6.67. The zero-order valence-electron chi connectivity index (χ0n) is 18.3. The average molecular weight is 432 g/mol. The quantitative estimate of drug-likeness (QED) is 0.608. The molecule has 5 rings (SSSR count). The van der Waals surface area contributed by atoms with Gasteiger partial charge < -0.3 is 9.80 Å². The number of aryl methyl sites for hydroxylation is 1. The van der Waals surface area contributed by atoms with Gasteiger partial charge in [0.25, 0.3) is 5.91 Å². The molecule has 2 bridgehead atoms. The number of aromatic nitrogens is 3. The first-order valence-electron chi connectivity index (χ1n) is 11.1. The first kappa shape index (κ1) is 20.5. The molecule has 3 heterocycles. The number of nitrogens with zero attached hydrogens (tertiary/aromatic N) is 5. The summed E-state index contributed by atoms with van der Waals surface area (Å²) in [5.74, 6) is 0.971. The molecule has 1 amide bonds. The molecular formula is C25H26FN5O. The molecule has 0 spiro atoms. The fourth-order valence-corrected chi connectivity index (χ4v) is 5.27. The number of halogens is 1. The van der Waals surface area contributed by atoms with Crippen LogP contribution >= 0.6 is 0 Å². The van der Waals surface area contributed by atoms with Crippen molar-refractivity contribution in [2.45, 2.75) is 38.8 Å². The third-order valence-electron chi connectivity index (χ3n) is 6.67. The van der Waals surface area contributed by atoms with Crippen molar-refractivity contribution in [1.29, 1.82) is 0 Å².